The van der Waals surface area contributed by atoms with Gasteiger partial charge in [0.15, 0.2) is 0 Å². The van der Waals surface area contributed by atoms with Crippen LogP contribution in [0.3, 0.4) is 0 Å². The average molecular weight is 407 g/mol. The van der Waals surface area contributed by atoms with Crippen molar-refractivity contribution in [3.8, 4) is 0 Å². The van der Waals surface area contributed by atoms with Crippen molar-refractivity contribution in [3.05, 3.63) is 35.9 Å². The van der Waals surface area contributed by atoms with Crippen LogP contribution >= 0.6 is 0 Å². The maximum Gasteiger partial charge on any atom is 0.408 e. The second-order valence-electron chi connectivity index (χ2n) is 6.41. The van der Waals surface area contributed by atoms with Gasteiger partial charge in [-0.2, -0.15) is 0 Å². The van der Waals surface area contributed by atoms with Crippen molar-refractivity contribution in [1.29, 1.82) is 0 Å². The summed E-state index contributed by atoms with van der Waals surface area (Å²) in [6.45, 7) is 0.333. The number of nitrogens with one attached hydrogen (secondary N) is 5. The average Bonchev–Trinajstić information content (AvgIpc) is 3.22. The molecule has 1 fully saturated rings. The number of aliphatic carboxylic acids is 1. The van der Waals surface area contributed by atoms with Gasteiger partial charge in [0.2, 0.25) is 11.8 Å². The largest absolute Gasteiger partial charge is 0.480 e. The molecular weight excluding hydrogens is 382 g/mol. The Labute approximate surface area is 167 Å². The van der Waals surface area contributed by atoms with Gasteiger partial charge in [0.25, 0.3) is 0 Å². The first-order chi connectivity index (χ1) is 13.9. The number of hydrogen-bond acceptors (Lipinski definition) is 7. The molecule has 0 aromatic heterocycles. The van der Waals surface area contributed by atoms with E-state index in [0.717, 1.165) is 5.56 Å². The standard InChI is InChI=1S/C18H25N5O6/c24-15(20-9-16(25)26)8-21-17(27)14(6-13-7-19-11-22-13)23-18(28)29-10-12-4-2-1-3-5-12/h1-5,13-14,19,22H,6-11H2,(H,20,24)(H,21,27)(H,23,28)(H,25,26)/t13?,14-/m0/s1. The number of hydrogen-bond donors (Lipinski definition) is 6. The molecule has 29 heavy (non-hydrogen) atoms. The molecule has 11 nitrogen and oxygen atoms in total. The Morgan fingerprint density at radius 3 is 2.55 bits per heavy atom. The van der Waals surface area contributed by atoms with Gasteiger partial charge in [0.1, 0.15) is 19.2 Å². The van der Waals surface area contributed by atoms with E-state index in [1.165, 1.54) is 0 Å². The Balaban J connectivity index is 1.85. The zero-order chi connectivity index (χ0) is 21.1. The monoisotopic (exact) mass is 407 g/mol. The summed E-state index contributed by atoms with van der Waals surface area (Å²) in [6.07, 6.45) is -0.467. The molecular formula is C18H25N5O6. The zero-order valence-electron chi connectivity index (χ0n) is 15.8. The third kappa shape index (κ3) is 8.58. The first-order valence-electron chi connectivity index (χ1n) is 9.11. The summed E-state index contributed by atoms with van der Waals surface area (Å²) in [5, 5.41) is 21.8. The number of amides is 3. The van der Waals surface area contributed by atoms with E-state index in [2.05, 4.69) is 26.6 Å². The van der Waals surface area contributed by atoms with Gasteiger partial charge in [0.05, 0.1) is 6.54 Å². The topological polar surface area (TPSA) is 158 Å². The zero-order valence-corrected chi connectivity index (χ0v) is 15.8. The number of ether oxygens (including phenoxy) is 1. The molecule has 2 atom stereocenters. The van der Waals surface area contributed by atoms with Gasteiger partial charge in [-0.15, -0.1) is 0 Å². The lowest BCUT2D eigenvalue weighted by atomic mass is 10.1. The molecule has 2 rings (SSSR count). The van der Waals surface area contributed by atoms with Crippen LogP contribution in [0.4, 0.5) is 4.79 Å². The lowest BCUT2D eigenvalue weighted by molar-refractivity contribution is -0.137. The highest BCUT2D eigenvalue weighted by molar-refractivity contribution is 5.90. The van der Waals surface area contributed by atoms with Crippen molar-refractivity contribution < 1.29 is 29.0 Å². The lowest BCUT2D eigenvalue weighted by Crippen LogP contribution is -2.51. The molecule has 3 amide bonds. The predicted molar refractivity (Wildman–Crippen MR) is 102 cm³/mol. The minimum atomic E-state index is -1.19. The molecule has 158 valence electrons. The van der Waals surface area contributed by atoms with Crippen molar-refractivity contribution in [1.82, 2.24) is 26.6 Å². The predicted octanol–water partition coefficient (Wildman–Crippen LogP) is -1.49. The van der Waals surface area contributed by atoms with Crippen LogP contribution in [0.2, 0.25) is 0 Å². The summed E-state index contributed by atoms with van der Waals surface area (Å²) < 4.78 is 5.15. The van der Waals surface area contributed by atoms with Gasteiger partial charge in [-0.3, -0.25) is 14.4 Å². The van der Waals surface area contributed by atoms with E-state index in [4.69, 9.17) is 9.84 Å². The third-order valence-corrected chi connectivity index (χ3v) is 4.11. The number of carboxylic acid groups (broad SMARTS) is 1. The highest BCUT2D eigenvalue weighted by Gasteiger charge is 2.27. The quantitative estimate of drug-likeness (QED) is 0.274. The molecule has 1 saturated heterocycles. The van der Waals surface area contributed by atoms with E-state index in [1.54, 1.807) is 12.1 Å². The summed E-state index contributed by atoms with van der Waals surface area (Å²) in [4.78, 5) is 46.6. The van der Waals surface area contributed by atoms with E-state index in [9.17, 15) is 19.2 Å². The SMILES string of the molecule is O=C(O)CNC(=O)CNC(=O)[C@H](CC1CNCN1)NC(=O)OCc1ccccc1. The number of carbonyl (C=O) groups excluding carboxylic acids is 3. The Morgan fingerprint density at radius 1 is 1.14 bits per heavy atom. The molecule has 11 heteroatoms. The molecule has 0 radical (unpaired) electrons. The Bertz CT molecular complexity index is 708. The van der Waals surface area contributed by atoms with Gasteiger partial charge in [-0.25, -0.2) is 4.79 Å². The molecule has 0 bridgehead atoms. The van der Waals surface area contributed by atoms with Crippen molar-refractivity contribution in [2.45, 2.75) is 25.1 Å². The molecule has 0 aliphatic carbocycles. The normalized spacial score (nSPS) is 16.5. The van der Waals surface area contributed by atoms with Crippen molar-refractivity contribution in [3.63, 3.8) is 0 Å². The van der Waals surface area contributed by atoms with E-state index >= 15 is 0 Å². The van der Waals surface area contributed by atoms with E-state index < -0.39 is 43.0 Å². The number of carbonyl (C=O) groups is 4. The minimum absolute atomic E-state index is 0.0407. The van der Waals surface area contributed by atoms with Gasteiger partial charge in [-0.05, 0) is 12.0 Å². The number of rotatable bonds is 10. The fraction of sp³-hybridized carbons (Fsp3) is 0.444. The van der Waals surface area contributed by atoms with Crippen LogP contribution in [0.15, 0.2) is 30.3 Å². The third-order valence-electron chi connectivity index (χ3n) is 4.11. The smallest absolute Gasteiger partial charge is 0.408 e. The first-order valence-corrected chi connectivity index (χ1v) is 9.11. The van der Waals surface area contributed by atoms with Crippen LogP contribution in [-0.4, -0.2) is 67.4 Å². The van der Waals surface area contributed by atoms with Crippen LogP contribution in [0.5, 0.6) is 0 Å². The molecule has 1 aliphatic heterocycles. The Morgan fingerprint density at radius 2 is 1.90 bits per heavy atom. The first kappa shape index (κ1) is 22.1. The molecule has 1 heterocycles. The van der Waals surface area contributed by atoms with Crippen LogP contribution in [0.25, 0.3) is 0 Å². The summed E-state index contributed by atoms with van der Waals surface area (Å²) >= 11 is 0. The molecule has 1 aromatic carbocycles. The molecule has 1 aliphatic rings. The van der Waals surface area contributed by atoms with E-state index in [-0.39, 0.29) is 19.1 Å². The summed E-state index contributed by atoms with van der Waals surface area (Å²) in [7, 11) is 0. The molecule has 0 spiro atoms. The Hall–Kier alpha value is -3.18. The maximum absolute atomic E-state index is 12.5. The fourth-order valence-electron chi connectivity index (χ4n) is 2.65. The van der Waals surface area contributed by atoms with Gasteiger partial charge < -0.3 is 36.4 Å². The minimum Gasteiger partial charge on any atom is -0.480 e. The van der Waals surface area contributed by atoms with Gasteiger partial charge in [0, 0.05) is 19.3 Å². The van der Waals surface area contributed by atoms with Crippen LogP contribution in [0, 0.1) is 0 Å². The highest BCUT2D eigenvalue weighted by Crippen LogP contribution is 2.04. The van der Waals surface area contributed by atoms with E-state index in [1.807, 2.05) is 18.2 Å². The Kier molecular flexibility index (Phi) is 8.86. The van der Waals surface area contributed by atoms with Crippen molar-refractivity contribution in [2.75, 3.05) is 26.3 Å². The number of alkyl carbamates (subject to hydrolysis) is 1. The summed E-state index contributed by atoms with van der Waals surface area (Å²) in [5.74, 6) is -2.40. The van der Waals surface area contributed by atoms with Crippen molar-refractivity contribution in [2.24, 2.45) is 0 Å². The van der Waals surface area contributed by atoms with Gasteiger partial charge in [-0.1, -0.05) is 30.3 Å². The van der Waals surface area contributed by atoms with E-state index in [0.29, 0.717) is 13.2 Å². The van der Waals surface area contributed by atoms with Crippen LogP contribution < -0.4 is 26.6 Å². The summed E-state index contributed by atoms with van der Waals surface area (Å²) in [5.41, 5.74) is 0.806. The fourth-order valence-corrected chi connectivity index (χ4v) is 2.65. The highest BCUT2D eigenvalue weighted by atomic mass is 16.5. The summed E-state index contributed by atoms with van der Waals surface area (Å²) in [6, 6.07) is 8.13. The molecule has 0 saturated carbocycles. The lowest BCUT2D eigenvalue weighted by Gasteiger charge is -2.21. The number of carboxylic acids is 1. The molecule has 6 N–H and O–H groups in total. The maximum atomic E-state index is 12.5. The van der Waals surface area contributed by atoms with Crippen molar-refractivity contribution >= 4 is 23.9 Å². The number of benzene rings is 1. The van der Waals surface area contributed by atoms with Crippen LogP contribution in [-0.2, 0) is 25.7 Å². The van der Waals surface area contributed by atoms with Gasteiger partial charge >= 0.3 is 12.1 Å². The molecule has 1 aromatic rings. The second-order valence-corrected chi connectivity index (χ2v) is 6.41. The van der Waals surface area contributed by atoms with Crippen LogP contribution in [0.1, 0.15) is 12.0 Å². The molecule has 1 unspecified atom stereocenters. The second kappa shape index (κ2) is 11.6.